The molecule has 1 unspecified atom stereocenters. The third-order valence-electron chi connectivity index (χ3n) is 1.70. The Morgan fingerprint density at radius 1 is 1.29 bits per heavy atom. The van der Waals surface area contributed by atoms with Crippen molar-refractivity contribution in [1.82, 2.24) is 0 Å². The van der Waals surface area contributed by atoms with Gasteiger partial charge >= 0.3 is 5.97 Å². The predicted molar refractivity (Wildman–Crippen MR) is 62.0 cm³/mol. The first-order valence-electron chi connectivity index (χ1n) is 5.40. The molecular weight excluding hydrogens is 200 g/mol. The maximum Gasteiger partial charge on any atom is 0.303 e. The summed E-state index contributed by atoms with van der Waals surface area (Å²) in [7, 11) is 0. The Bertz CT molecular complexity index is 124. The third-order valence-corrected chi connectivity index (χ3v) is 1.92. The number of rotatable bonds is 6. The molecule has 1 N–H and O–H groups in total. The molecule has 0 heterocycles. The van der Waals surface area contributed by atoms with E-state index in [1.165, 1.54) is 12.8 Å². The number of carboxylic acids is 1. The number of alkyl halides is 1. The quantitative estimate of drug-likeness (QED) is 0.688. The number of aliphatic carboxylic acids is 1. The number of halogens is 1. The summed E-state index contributed by atoms with van der Waals surface area (Å²) < 4.78 is 0. The SMILES string of the molecule is CCCCC(=O)O.CCCCC(C)Cl. The summed E-state index contributed by atoms with van der Waals surface area (Å²) >= 11 is 5.66. The molecule has 14 heavy (non-hydrogen) atoms. The van der Waals surface area contributed by atoms with Crippen LogP contribution in [-0.2, 0) is 4.79 Å². The van der Waals surface area contributed by atoms with Gasteiger partial charge in [0.1, 0.15) is 0 Å². The lowest BCUT2D eigenvalue weighted by Gasteiger charge is -1.96. The average molecular weight is 223 g/mol. The van der Waals surface area contributed by atoms with Gasteiger partial charge in [0, 0.05) is 11.8 Å². The fourth-order valence-corrected chi connectivity index (χ4v) is 0.968. The number of hydrogen-bond acceptors (Lipinski definition) is 1. The van der Waals surface area contributed by atoms with Crippen LogP contribution in [0.2, 0.25) is 0 Å². The van der Waals surface area contributed by atoms with Crippen LogP contribution in [-0.4, -0.2) is 16.5 Å². The molecule has 0 aromatic rings. The van der Waals surface area contributed by atoms with Crippen LogP contribution in [0.4, 0.5) is 0 Å². The van der Waals surface area contributed by atoms with Gasteiger partial charge in [0.05, 0.1) is 0 Å². The normalized spacial score (nSPS) is 11.4. The van der Waals surface area contributed by atoms with E-state index in [1.54, 1.807) is 0 Å². The topological polar surface area (TPSA) is 37.3 Å². The Morgan fingerprint density at radius 2 is 1.79 bits per heavy atom. The molecule has 3 heteroatoms. The van der Waals surface area contributed by atoms with E-state index in [4.69, 9.17) is 16.7 Å². The van der Waals surface area contributed by atoms with Crippen molar-refractivity contribution < 1.29 is 9.90 Å². The fraction of sp³-hybridized carbons (Fsp3) is 0.909. The molecule has 0 aliphatic heterocycles. The average Bonchev–Trinajstić information content (AvgIpc) is 2.12. The molecule has 0 aromatic heterocycles. The molecule has 0 aromatic carbocycles. The standard InChI is InChI=1S/C6H13Cl.C5H10O2/c1-3-4-5-6(2)7;1-2-3-4-5(6)7/h6H,3-5H2,1-2H3;2-4H2,1H3,(H,6,7). The second-order valence-electron chi connectivity index (χ2n) is 3.42. The van der Waals surface area contributed by atoms with Crippen molar-refractivity contribution in [2.45, 2.75) is 64.7 Å². The fourth-order valence-electron chi connectivity index (χ4n) is 0.813. The van der Waals surface area contributed by atoms with Gasteiger partial charge in [-0.2, -0.15) is 0 Å². The highest BCUT2D eigenvalue weighted by molar-refractivity contribution is 6.20. The van der Waals surface area contributed by atoms with Crippen molar-refractivity contribution in [3.05, 3.63) is 0 Å². The van der Waals surface area contributed by atoms with Gasteiger partial charge in [0.25, 0.3) is 0 Å². The highest BCUT2D eigenvalue weighted by atomic mass is 35.5. The Morgan fingerprint density at radius 3 is 1.93 bits per heavy atom. The van der Waals surface area contributed by atoms with Gasteiger partial charge in [-0.3, -0.25) is 4.79 Å². The second-order valence-corrected chi connectivity index (χ2v) is 4.17. The zero-order valence-corrected chi connectivity index (χ0v) is 10.3. The molecule has 0 saturated carbocycles. The zero-order chi connectivity index (χ0) is 11.4. The summed E-state index contributed by atoms with van der Waals surface area (Å²) in [6, 6.07) is 0. The van der Waals surface area contributed by atoms with E-state index >= 15 is 0 Å². The van der Waals surface area contributed by atoms with Gasteiger partial charge in [-0.25, -0.2) is 0 Å². The number of hydrogen-bond donors (Lipinski definition) is 1. The van der Waals surface area contributed by atoms with Crippen LogP contribution in [0.25, 0.3) is 0 Å². The van der Waals surface area contributed by atoms with E-state index in [9.17, 15) is 4.79 Å². The lowest BCUT2D eigenvalue weighted by molar-refractivity contribution is -0.137. The number of carboxylic acid groups (broad SMARTS) is 1. The zero-order valence-electron chi connectivity index (χ0n) is 9.55. The van der Waals surface area contributed by atoms with Crippen molar-refractivity contribution in [3.8, 4) is 0 Å². The maximum absolute atomic E-state index is 9.76. The molecule has 0 amide bonds. The summed E-state index contributed by atoms with van der Waals surface area (Å²) in [5, 5.41) is 8.42. The first-order chi connectivity index (χ1) is 6.54. The van der Waals surface area contributed by atoms with Crippen LogP contribution in [0.15, 0.2) is 0 Å². The molecule has 86 valence electrons. The van der Waals surface area contributed by atoms with Crippen molar-refractivity contribution in [3.63, 3.8) is 0 Å². The molecule has 0 bridgehead atoms. The molecule has 0 spiro atoms. The van der Waals surface area contributed by atoms with Gasteiger partial charge in [0.15, 0.2) is 0 Å². The van der Waals surface area contributed by atoms with Crippen molar-refractivity contribution in [2.75, 3.05) is 0 Å². The van der Waals surface area contributed by atoms with Gasteiger partial charge in [-0.1, -0.05) is 33.1 Å². The molecule has 0 rings (SSSR count). The monoisotopic (exact) mass is 222 g/mol. The van der Waals surface area contributed by atoms with Crippen LogP contribution in [0.3, 0.4) is 0 Å². The molecule has 0 saturated heterocycles. The highest BCUT2D eigenvalue weighted by Crippen LogP contribution is 2.04. The lowest BCUT2D eigenvalue weighted by atomic mass is 10.2. The lowest BCUT2D eigenvalue weighted by Crippen LogP contribution is -1.91. The molecule has 0 fully saturated rings. The molecule has 0 aliphatic rings. The Balaban J connectivity index is 0. The van der Waals surface area contributed by atoms with Crippen LogP contribution in [0, 0.1) is 0 Å². The molecule has 2 nitrogen and oxygen atoms in total. The predicted octanol–water partition coefficient (Wildman–Crippen LogP) is 4.07. The summed E-state index contributed by atoms with van der Waals surface area (Å²) in [5.74, 6) is -0.693. The Hall–Kier alpha value is -0.240. The van der Waals surface area contributed by atoms with Gasteiger partial charge in [-0.05, 0) is 19.8 Å². The van der Waals surface area contributed by atoms with E-state index in [-0.39, 0.29) is 0 Å². The van der Waals surface area contributed by atoms with Crippen molar-refractivity contribution in [2.24, 2.45) is 0 Å². The smallest absolute Gasteiger partial charge is 0.303 e. The van der Waals surface area contributed by atoms with E-state index in [2.05, 4.69) is 6.92 Å². The van der Waals surface area contributed by atoms with Crippen LogP contribution in [0.5, 0.6) is 0 Å². The van der Waals surface area contributed by atoms with Crippen molar-refractivity contribution >= 4 is 17.6 Å². The van der Waals surface area contributed by atoms with Gasteiger partial charge in [-0.15, -0.1) is 11.6 Å². The molecule has 1 atom stereocenters. The van der Waals surface area contributed by atoms with E-state index < -0.39 is 5.97 Å². The highest BCUT2D eigenvalue weighted by Gasteiger charge is 1.91. The molecular formula is C11H23ClO2. The van der Waals surface area contributed by atoms with Crippen molar-refractivity contribution in [1.29, 1.82) is 0 Å². The Labute approximate surface area is 92.7 Å². The van der Waals surface area contributed by atoms with Crippen LogP contribution >= 0.6 is 11.6 Å². The number of carbonyl (C=O) groups is 1. The van der Waals surface area contributed by atoms with Crippen LogP contribution in [0.1, 0.15) is 59.3 Å². The Kier molecular flexibility index (Phi) is 14.8. The first-order valence-corrected chi connectivity index (χ1v) is 5.84. The summed E-state index contributed by atoms with van der Waals surface area (Å²) in [6.45, 7) is 6.19. The van der Waals surface area contributed by atoms with E-state index in [0.29, 0.717) is 11.8 Å². The minimum atomic E-state index is -0.693. The molecule has 0 radical (unpaired) electrons. The van der Waals surface area contributed by atoms with E-state index in [1.807, 2.05) is 13.8 Å². The summed E-state index contributed by atoms with van der Waals surface area (Å²) in [6.07, 6.45) is 5.78. The molecule has 0 aliphatic carbocycles. The van der Waals surface area contributed by atoms with Gasteiger partial charge < -0.3 is 5.11 Å². The third kappa shape index (κ3) is 22.6. The summed E-state index contributed by atoms with van der Waals surface area (Å²) in [5.41, 5.74) is 0. The van der Waals surface area contributed by atoms with Crippen LogP contribution < -0.4 is 0 Å². The first kappa shape index (κ1) is 16.2. The largest absolute Gasteiger partial charge is 0.481 e. The second kappa shape index (κ2) is 12.8. The summed E-state index contributed by atoms with van der Waals surface area (Å²) in [4.78, 5) is 9.76. The minimum Gasteiger partial charge on any atom is -0.481 e. The van der Waals surface area contributed by atoms with Gasteiger partial charge in [0.2, 0.25) is 0 Å². The number of unbranched alkanes of at least 4 members (excludes halogenated alkanes) is 2. The van der Waals surface area contributed by atoms with E-state index in [0.717, 1.165) is 19.3 Å². The maximum atomic E-state index is 9.76. The minimum absolute atomic E-state index is 0.316.